The molecule has 0 aromatic carbocycles. The van der Waals surface area contributed by atoms with Crippen molar-refractivity contribution < 1.29 is 8.42 Å². The molecule has 3 N–H and O–H groups in total. The summed E-state index contributed by atoms with van der Waals surface area (Å²) < 4.78 is 27.3. The van der Waals surface area contributed by atoms with E-state index in [1.54, 1.807) is 0 Å². The number of nitrogens with one attached hydrogen (secondary N) is 1. The Balaban J connectivity index is 2.26. The van der Waals surface area contributed by atoms with Gasteiger partial charge in [-0.2, -0.15) is 0 Å². The average Bonchev–Trinajstić information content (AvgIpc) is 3.01. The van der Waals surface area contributed by atoms with Crippen molar-refractivity contribution in [2.75, 3.05) is 0 Å². The summed E-state index contributed by atoms with van der Waals surface area (Å²) in [5.41, 5.74) is 6.37. The predicted octanol–water partition coefficient (Wildman–Crippen LogP) is 1.59. The van der Waals surface area contributed by atoms with Gasteiger partial charge in [-0.25, -0.2) is 13.1 Å². The molecule has 0 bridgehead atoms. The van der Waals surface area contributed by atoms with E-state index in [9.17, 15) is 8.42 Å². The van der Waals surface area contributed by atoms with Crippen molar-refractivity contribution in [2.45, 2.75) is 44.2 Å². The Hall–Kier alpha value is -0.430. The molecule has 4 nitrogen and oxygen atoms in total. The quantitative estimate of drug-likeness (QED) is 0.856. The summed E-state index contributed by atoms with van der Waals surface area (Å²) in [6.07, 6.45) is 2.24. The van der Waals surface area contributed by atoms with E-state index in [0.29, 0.717) is 10.8 Å². The first-order chi connectivity index (χ1) is 7.95. The average molecular weight is 274 g/mol. The largest absolute Gasteiger partial charge is 0.326 e. The first-order valence-electron chi connectivity index (χ1n) is 5.75. The summed E-state index contributed by atoms with van der Waals surface area (Å²) in [7, 11) is -3.41. The zero-order chi connectivity index (χ0) is 12.6. The molecule has 96 valence electrons. The van der Waals surface area contributed by atoms with Crippen molar-refractivity contribution in [1.82, 2.24) is 4.72 Å². The summed E-state index contributed by atoms with van der Waals surface area (Å²) in [6.45, 7) is 4.01. The predicted molar refractivity (Wildman–Crippen MR) is 69.5 cm³/mol. The number of sulfonamides is 1. The van der Waals surface area contributed by atoms with E-state index in [4.69, 9.17) is 5.73 Å². The number of hydrogen-bond donors (Lipinski definition) is 2. The highest BCUT2D eigenvalue weighted by Crippen LogP contribution is 2.34. The third-order valence-corrected chi connectivity index (χ3v) is 6.16. The van der Waals surface area contributed by atoms with Gasteiger partial charge in [0.1, 0.15) is 4.90 Å². The Morgan fingerprint density at radius 3 is 2.76 bits per heavy atom. The Kier molecular flexibility index (Phi) is 3.58. The topological polar surface area (TPSA) is 72.2 Å². The molecule has 1 saturated carbocycles. The lowest BCUT2D eigenvalue weighted by Gasteiger charge is -2.14. The summed E-state index contributed by atoms with van der Waals surface area (Å²) in [5.74, 6) is 0.505. The highest BCUT2D eigenvalue weighted by Gasteiger charge is 2.32. The van der Waals surface area contributed by atoms with Crippen LogP contribution in [-0.4, -0.2) is 14.5 Å². The van der Waals surface area contributed by atoms with Gasteiger partial charge in [0.25, 0.3) is 0 Å². The fraction of sp³-hybridized carbons (Fsp3) is 0.636. The summed E-state index contributed by atoms with van der Waals surface area (Å²) in [4.78, 5) is 1.12. The first-order valence-corrected chi connectivity index (χ1v) is 8.11. The lowest BCUT2D eigenvalue weighted by atomic mass is 10.2. The zero-order valence-corrected chi connectivity index (χ0v) is 11.7. The van der Waals surface area contributed by atoms with Crippen molar-refractivity contribution in [3.05, 3.63) is 15.8 Å². The van der Waals surface area contributed by atoms with E-state index in [1.165, 1.54) is 11.3 Å². The molecule has 1 heterocycles. The van der Waals surface area contributed by atoms with E-state index in [0.717, 1.165) is 23.3 Å². The minimum atomic E-state index is -3.41. The molecule has 0 aliphatic heterocycles. The minimum Gasteiger partial charge on any atom is -0.326 e. The number of nitrogens with two attached hydrogens (primary N) is 1. The van der Waals surface area contributed by atoms with Gasteiger partial charge in [0, 0.05) is 17.5 Å². The standard InChI is InChI=1S/C11H18N2O2S2/c1-7-6-16-10(5-12)11(7)17(14,15)13-8(2)9-3-4-9/h6,8-9,13H,3-5,12H2,1-2H3. The van der Waals surface area contributed by atoms with Gasteiger partial charge < -0.3 is 5.73 Å². The third kappa shape index (κ3) is 2.70. The van der Waals surface area contributed by atoms with Crippen LogP contribution in [0, 0.1) is 12.8 Å². The molecule has 1 aromatic rings. The summed E-state index contributed by atoms with van der Waals surface area (Å²) in [6, 6.07) is 0.0184. The van der Waals surface area contributed by atoms with Crippen molar-refractivity contribution in [2.24, 2.45) is 11.7 Å². The molecule has 1 atom stereocenters. The molecule has 0 saturated heterocycles. The van der Waals surface area contributed by atoms with Gasteiger partial charge in [-0.1, -0.05) is 0 Å². The Morgan fingerprint density at radius 2 is 2.24 bits per heavy atom. The maximum absolute atomic E-state index is 12.3. The van der Waals surface area contributed by atoms with Crippen molar-refractivity contribution in [3.8, 4) is 0 Å². The SMILES string of the molecule is Cc1csc(CN)c1S(=O)(=O)NC(C)C1CC1. The molecule has 1 aliphatic carbocycles. The van der Waals surface area contributed by atoms with Crippen LogP contribution in [-0.2, 0) is 16.6 Å². The fourth-order valence-corrected chi connectivity index (χ4v) is 5.00. The number of thiophene rings is 1. The number of hydrogen-bond acceptors (Lipinski definition) is 4. The number of rotatable bonds is 5. The van der Waals surface area contributed by atoms with Crippen LogP contribution in [0.2, 0.25) is 0 Å². The second-order valence-corrected chi connectivity index (χ2v) is 7.24. The molecule has 1 fully saturated rings. The summed E-state index contributed by atoms with van der Waals surface area (Å²) in [5, 5.41) is 1.85. The molecule has 0 radical (unpaired) electrons. The van der Waals surface area contributed by atoms with Gasteiger partial charge in [-0.3, -0.25) is 0 Å². The van der Waals surface area contributed by atoms with Crippen LogP contribution in [0.3, 0.4) is 0 Å². The van der Waals surface area contributed by atoms with Crippen LogP contribution in [0.4, 0.5) is 0 Å². The van der Waals surface area contributed by atoms with Gasteiger partial charge in [-0.15, -0.1) is 11.3 Å². The van der Waals surface area contributed by atoms with Gasteiger partial charge >= 0.3 is 0 Å². The Morgan fingerprint density at radius 1 is 1.59 bits per heavy atom. The van der Waals surface area contributed by atoms with E-state index in [1.807, 2.05) is 19.2 Å². The van der Waals surface area contributed by atoms with E-state index < -0.39 is 10.0 Å². The molecule has 0 amide bonds. The Bertz CT molecular complexity index is 504. The molecule has 6 heteroatoms. The van der Waals surface area contributed by atoms with E-state index >= 15 is 0 Å². The number of aryl methyl sites for hydroxylation is 1. The molecule has 1 aliphatic rings. The molecular formula is C11H18N2O2S2. The van der Waals surface area contributed by atoms with Gasteiger partial charge in [0.2, 0.25) is 10.0 Å². The maximum atomic E-state index is 12.3. The summed E-state index contributed by atoms with van der Waals surface area (Å²) >= 11 is 1.41. The van der Waals surface area contributed by atoms with Crippen molar-refractivity contribution in [1.29, 1.82) is 0 Å². The normalized spacial score (nSPS) is 18.3. The van der Waals surface area contributed by atoms with Crippen LogP contribution in [0.1, 0.15) is 30.2 Å². The third-order valence-electron chi connectivity index (χ3n) is 3.11. The van der Waals surface area contributed by atoms with Crippen LogP contribution in [0.5, 0.6) is 0 Å². The van der Waals surface area contributed by atoms with Crippen LogP contribution in [0.15, 0.2) is 10.3 Å². The molecular weight excluding hydrogens is 256 g/mol. The van der Waals surface area contributed by atoms with Crippen molar-refractivity contribution in [3.63, 3.8) is 0 Å². The van der Waals surface area contributed by atoms with Gasteiger partial charge in [0.05, 0.1) is 0 Å². The Labute approximate surface area is 106 Å². The van der Waals surface area contributed by atoms with Gasteiger partial charge in [0.15, 0.2) is 0 Å². The van der Waals surface area contributed by atoms with E-state index in [2.05, 4.69) is 4.72 Å². The van der Waals surface area contributed by atoms with E-state index in [-0.39, 0.29) is 12.6 Å². The zero-order valence-electron chi connectivity index (χ0n) is 10.1. The molecule has 1 aromatic heterocycles. The minimum absolute atomic E-state index is 0.0184. The lowest BCUT2D eigenvalue weighted by molar-refractivity contribution is 0.537. The van der Waals surface area contributed by atoms with Crippen LogP contribution in [0.25, 0.3) is 0 Å². The highest BCUT2D eigenvalue weighted by atomic mass is 32.2. The molecule has 2 rings (SSSR count). The second kappa shape index (κ2) is 4.68. The lowest BCUT2D eigenvalue weighted by Crippen LogP contribution is -2.34. The van der Waals surface area contributed by atoms with Gasteiger partial charge in [-0.05, 0) is 43.6 Å². The van der Waals surface area contributed by atoms with Crippen LogP contribution >= 0.6 is 11.3 Å². The van der Waals surface area contributed by atoms with Crippen molar-refractivity contribution >= 4 is 21.4 Å². The smallest absolute Gasteiger partial charge is 0.242 e. The monoisotopic (exact) mass is 274 g/mol. The maximum Gasteiger partial charge on any atom is 0.242 e. The first kappa shape index (κ1) is 13.0. The molecule has 17 heavy (non-hydrogen) atoms. The molecule has 0 spiro atoms. The molecule has 1 unspecified atom stereocenters. The van der Waals surface area contributed by atoms with Crippen LogP contribution < -0.4 is 10.5 Å². The second-order valence-electron chi connectivity index (χ2n) is 4.62. The highest BCUT2D eigenvalue weighted by molar-refractivity contribution is 7.89. The fourth-order valence-electron chi connectivity index (χ4n) is 1.99.